The Labute approximate surface area is 156 Å². The fraction of sp³-hybridized carbons (Fsp3) is 0. The summed E-state index contributed by atoms with van der Waals surface area (Å²) in [6, 6.07) is 24.6. The highest BCUT2D eigenvalue weighted by Crippen LogP contribution is 2.23. The van der Waals surface area contributed by atoms with Crippen LogP contribution in [0.25, 0.3) is 0 Å². The van der Waals surface area contributed by atoms with Crippen molar-refractivity contribution in [2.45, 2.75) is 0 Å². The SMILES string of the molecule is S=C(NNc1ccccc1Cl)Nc1ccc(Oc2ccccc2)cc1. The van der Waals surface area contributed by atoms with Crippen molar-refractivity contribution in [3.63, 3.8) is 0 Å². The van der Waals surface area contributed by atoms with Crippen molar-refractivity contribution in [3.05, 3.63) is 83.9 Å². The van der Waals surface area contributed by atoms with Crippen LogP contribution in [-0.4, -0.2) is 5.11 Å². The molecule has 0 atom stereocenters. The lowest BCUT2D eigenvalue weighted by Gasteiger charge is -2.13. The summed E-state index contributed by atoms with van der Waals surface area (Å²) in [5.41, 5.74) is 7.46. The number of hydrogen-bond donors (Lipinski definition) is 3. The zero-order chi connectivity index (χ0) is 17.5. The number of nitrogens with one attached hydrogen (secondary N) is 3. The summed E-state index contributed by atoms with van der Waals surface area (Å²) in [6.07, 6.45) is 0. The lowest BCUT2D eigenvalue weighted by atomic mass is 10.3. The summed E-state index contributed by atoms with van der Waals surface area (Å²) in [4.78, 5) is 0. The number of anilines is 2. The highest BCUT2D eigenvalue weighted by Gasteiger charge is 2.01. The average Bonchev–Trinajstić information content (AvgIpc) is 2.64. The monoisotopic (exact) mass is 369 g/mol. The highest BCUT2D eigenvalue weighted by atomic mass is 35.5. The Hall–Kier alpha value is -2.76. The van der Waals surface area contributed by atoms with Crippen LogP contribution in [0.15, 0.2) is 78.9 Å². The number of hydrazine groups is 1. The van der Waals surface area contributed by atoms with Gasteiger partial charge in [-0.1, -0.05) is 41.9 Å². The highest BCUT2D eigenvalue weighted by molar-refractivity contribution is 7.80. The zero-order valence-electron chi connectivity index (χ0n) is 13.2. The van der Waals surface area contributed by atoms with E-state index in [-0.39, 0.29) is 0 Å². The molecule has 0 amide bonds. The normalized spacial score (nSPS) is 9.96. The van der Waals surface area contributed by atoms with Crippen LogP contribution in [0.1, 0.15) is 0 Å². The summed E-state index contributed by atoms with van der Waals surface area (Å²) in [5.74, 6) is 1.55. The minimum Gasteiger partial charge on any atom is -0.457 e. The summed E-state index contributed by atoms with van der Waals surface area (Å²) in [5, 5.41) is 4.12. The van der Waals surface area contributed by atoms with Gasteiger partial charge in [-0.3, -0.25) is 10.9 Å². The number of ether oxygens (including phenoxy) is 1. The van der Waals surface area contributed by atoms with Crippen LogP contribution in [0.2, 0.25) is 5.02 Å². The first-order valence-electron chi connectivity index (χ1n) is 7.61. The third-order valence-electron chi connectivity index (χ3n) is 3.28. The molecule has 0 saturated heterocycles. The smallest absolute Gasteiger partial charge is 0.189 e. The van der Waals surface area contributed by atoms with Crippen LogP contribution in [0, 0.1) is 0 Å². The van der Waals surface area contributed by atoms with E-state index >= 15 is 0 Å². The Morgan fingerprint density at radius 2 is 1.44 bits per heavy atom. The van der Waals surface area contributed by atoms with E-state index in [0.717, 1.165) is 22.9 Å². The molecular weight excluding hydrogens is 354 g/mol. The van der Waals surface area contributed by atoms with Crippen LogP contribution in [0.3, 0.4) is 0 Å². The maximum atomic E-state index is 6.07. The van der Waals surface area contributed by atoms with Gasteiger partial charge in [0, 0.05) is 5.69 Å². The van der Waals surface area contributed by atoms with Crippen molar-refractivity contribution in [3.8, 4) is 11.5 Å². The van der Waals surface area contributed by atoms with Gasteiger partial charge >= 0.3 is 0 Å². The lowest BCUT2D eigenvalue weighted by molar-refractivity contribution is 0.483. The van der Waals surface area contributed by atoms with Gasteiger partial charge < -0.3 is 10.1 Å². The van der Waals surface area contributed by atoms with Gasteiger partial charge in [-0.2, -0.15) is 0 Å². The van der Waals surface area contributed by atoms with Crippen LogP contribution in [0.4, 0.5) is 11.4 Å². The van der Waals surface area contributed by atoms with Crippen molar-refractivity contribution < 1.29 is 4.74 Å². The second-order valence-corrected chi connectivity index (χ2v) is 5.94. The van der Waals surface area contributed by atoms with Crippen molar-refractivity contribution >= 4 is 40.3 Å². The minimum atomic E-state index is 0.427. The first-order chi connectivity index (χ1) is 12.2. The van der Waals surface area contributed by atoms with E-state index in [9.17, 15) is 0 Å². The molecule has 6 heteroatoms. The molecular formula is C19H16ClN3OS. The van der Waals surface area contributed by atoms with Crippen molar-refractivity contribution in [1.29, 1.82) is 0 Å². The van der Waals surface area contributed by atoms with Gasteiger partial charge in [0.1, 0.15) is 11.5 Å². The van der Waals surface area contributed by atoms with Crippen LogP contribution in [0.5, 0.6) is 11.5 Å². The first-order valence-corrected chi connectivity index (χ1v) is 8.40. The van der Waals surface area contributed by atoms with Gasteiger partial charge in [-0.25, -0.2) is 0 Å². The first kappa shape index (κ1) is 17.1. The second-order valence-electron chi connectivity index (χ2n) is 5.12. The summed E-state index contributed by atoms with van der Waals surface area (Å²) in [7, 11) is 0. The number of benzene rings is 3. The van der Waals surface area contributed by atoms with Gasteiger partial charge in [0.15, 0.2) is 5.11 Å². The molecule has 0 saturated carbocycles. The molecule has 0 bridgehead atoms. The predicted molar refractivity (Wildman–Crippen MR) is 107 cm³/mol. The standard InChI is InChI=1S/C19H16ClN3OS/c20-17-8-4-5-9-18(17)22-23-19(25)21-14-10-12-16(13-11-14)24-15-6-2-1-3-7-15/h1-13,22H,(H2,21,23,25). The van der Waals surface area contributed by atoms with Gasteiger partial charge in [0.25, 0.3) is 0 Å². The molecule has 0 radical (unpaired) electrons. The van der Waals surface area contributed by atoms with E-state index in [2.05, 4.69) is 16.2 Å². The van der Waals surface area contributed by atoms with Crippen molar-refractivity contribution in [1.82, 2.24) is 5.43 Å². The Kier molecular flexibility index (Phi) is 5.72. The lowest BCUT2D eigenvalue weighted by Crippen LogP contribution is -2.33. The van der Waals surface area contributed by atoms with Gasteiger partial charge in [-0.15, -0.1) is 0 Å². The average molecular weight is 370 g/mol. The van der Waals surface area contributed by atoms with E-state index in [0.29, 0.717) is 10.1 Å². The maximum absolute atomic E-state index is 6.07. The fourth-order valence-electron chi connectivity index (χ4n) is 2.08. The van der Waals surface area contributed by atoms with Gasteiger partial charge in [-0.05, 0) is 60.7 Å². The minimum absolute atomic E-state index is 0.427. The van der Waals surface area contributed by atoms with E-state index in [4.69, 9.17) is 28.6 Å². The summed E-state index contributed by atoms with van der Waals surface area (Å²) in [6.45, 7) is 0. The predicted octanol–water partition coefficient (Wildman–Crippen LogP) is 5.45. The van der Waals surface area contributed by atoms with E-state index < -0.39 is 0 Å². The molecule has 4 nitrogen and oxygen atoms in total. The Morgan fingerprint density at radius 3 is 2.16 bits per heavy atom. The number of rotatable bonds is 5. The second kappa shape index (κ2) is 8.37. The number of para-hydroxylation sites is 2. The molecule has 0 heterocycles. The van der Waals surface area contributed by atoms with Crippen LogP contribution < -0.4 is 20.9 Å². The van der Waals surface area contributed by atoms with Crippen LogP contribution in [-0.2, 0) is 0 Å². The van der Waals surface area contributed by atoms with Crippen molar-refractivity contribution in [2.24, 2.45) is 0 Å². The van der Waals surface area contributed by atoms with Gasteiger partial charge in [0.2, 0.25) is 0 Å². The molecule has 0 aliphatic heterocycles. The van der Waals surface area contributed by atoms with E-state index in [1.165, 1.54) is 0 Å². The molecule has 3 N–H and O–H groups in total. The third-order valence-corrected chi connectivity index (χ3v) is 3.81. The molecule has 3 aromatic rings. The topological polar surface area (TPSA) is 45.3 Å². The Bertz CT molecular complexity index is 841. The number of halogens is 1. The number of hydrogen-bond acceptors (Lipinski definition) is 3. The Morgan fingerprint density at radius 1 is 0.800 bits per heavy atom. The molecule has 25 heavy (non-hydrogen) atoms. The fourth-order valence-corrected chi connectivity index (χ4v) is 2.43. The van der Waals surface area contributed by atoms with Gasteiger partial charge in [0.05, 0.1) is 10.7 Å². The Balaban J connectivity index is 1.52. The molecule has 0 aromatic heterocycles. The largest absolute Gasteiger partial charge is 0.457 e. The van der Waals surface area contributed by atoms with Crippen LogP contribution >= 0.6 is 23.8 Å². The van der Waals surface area contributed by atoms with Crippen molar-refractivity contribution in [2.75, 3.05) is 10.7 Å². The molecule has 0 spiro atoms. The quantitative estimate of drug-likeness (QED) is 0.412. The molecule has 3 rings (SSSR count). The summed E-state index contributed by atoms with van der Waals surface area (Å²) < 4.78 is 5.75. The molecule has 0 fully saturated rings. The zero-order valence-corrected chi connectivity index (χ0v) is 14.8. The third kappa shape index (κ3) is 5.11. The molecule has 0 aliphatic rings. The van der Waals surface area contributed by atoms with E-state index in [1.54, 1.807) is 6.07 Å². The molecule has 126 valence electrons. The maximum Gasteiger partial charge on any atom is 0.189 e. The molecule has 0 aliphatic carbocycles. The molecule has 3 aromatic carbocycles. The molecule has 0 unspecified atom stereocenters. The van der Waals surface area contributed by atoms with E-state index in [1.807, 2.05) is 72.8 Å². The number of thiocarbonyl (C=S) groups is 1. The summed E-state index contributed by atoms with van der Waals surface area (Å²) >= 11 is 11.3.